The van der Waals surface area contributed by atoms with E-state index in [1.165, 1.54) is 11.8 Å². The molecule has 0 saturated heterocycles. The molecule has 4 rings (SSSR count). The molecule has 0 saturated carbocycles. The molecule has 0 radical (unpaired) electrons. The van der Waals surface area contributed by atoms with E-state index in [0.717, 1.165) is 33.7 Å². The van der Waals surface area contributed by atoms with Crippen LogP contribution >= 0.6 is 11.8 Å². The number of nitrogens with zero attached hydrogens (tertiary/aromatic N) is 3. The molecule has 0 aliphatic heterocycles. The summed E-state index contributed by atoms with van der Waals surface area (Å²) in [4.78, 5) is 22.1. The van der Waals surface area contributed by atoms with Gasteiger partial charge in [0.25, 0.3) is 0 Å². The quantitative estimate of drug-likeness (QED) is 0.298. The number of thioether (sulfide) groups is 1. The summed E-state index contributed by atoms with van der Waals surface area (Å²) in [5.74, 6) is 1.03. The number of nitriles is 1. The summed E-state index contributed by atoms with van der Waals surface area (Å²) in [6.45, 7) is 5.69. The molecule has 7 heteroatoms. The van der Waals surface area contributed by atoms with Gasteiger partial charge in [0.2, 0.25) is 5.91 Å². The van der Waals surface area contributed by atoms with Crippen LogP contribution in [0.25, 0.3) is 22.4 Å². The number of anilines is 1. The molecule has 6 nitrogen and oxygen atoms in total. The molecule has 2 heterocycles. The van der Waals surface area contributed by atoms with Crippen LogP contribution in [0.3, 0.4) is 0 Å². The molecule has 0 spiro atoms. The van der Waals surface area contributed by atoms with Gasteiger partial charge in [-0.1, -0.05) is 47.7 Å². The van der Waals surface area contributed by atoms with E-state index in [0.29, 0.717) is 22.1 Å². The number of rotatable bonds is 7. The van der Waals surface area contributed by atoms with Crippen LogP contribution in [0.2, 0.25) is 0 Å². The van der Waals surface area contributed by atoms with E-state index < -0.39 is 5.25 Å². The summed E-state index contributed by atoms with van der Waals surface area (Å²) < 4.78 is 5.29. The molecular weight excluding hydrogens is 468 g/mol. The number of amides is 1. The van der Waals surface area contributed by atoms with Gasteiger partial charge in [-0.25, -0.2) is 9.97 Å². The number of nitrogens with one attached hydrogen (secondary N) is 1. The second-order valence-corrected chi connectivity index (χ2v) is 9.68. The fourth-order valence-corrected chi connectivity index (χ4v) is 4.57. The minimum absolute atomic E-state index is 0.212. The summed E-state index contributed by atoms with van der Waals surface area (Å²) in [5.41, 5.74) is 5.67. The molecule has 0 aliphatic carbocycles. The predicted octanol–water partition coefficient (Wildman–Crippen LogP) is 6.43. The van der Waals surface area contributed by atoms with Crippen molar-refractivity contribution in [2.75, 3.05) is 12.4 Å². The van der Waals surface area contributed by atoms with Crippen LogP contribution in [-0.4, -0.2) is 28.2 Å². The third kappa shape index (κ3) is 5.73. The lowest BCUT2D eigenvalue weighted by Gasteiger charge is -2.16. The van der Waals surface area contributed by atoms with Crippen molar-refractivity contribution in [1.82, 2.24) is 9.97 Å². The molecule has 1 N–H and O–H groups in total. The Morgan fingerprint density at radius 3 is 2.33 bits per heavy atom. The lowest BCUT2D eigenvalue weighted by Crippen LogP contribution is -2.23. The molecule has 2 aromatic carbocycles. The number of hydrogen-bond acceptors (Lipinski definition) is 6. The van der Waals surface area contributed by atoms with E-state index in [1.54, 1.807) is 20.1 Å². The standard InChI is InChI=1S/C29H26N4O2S/c1-18-8-10-21(11-9-18)24-16-26(22-12-14-23(35-4)15-13-22)32-29(25(24)17-30)36-20(3)28(34)33-27-7-5-6-19(2)31-27/h5-16,20H,1-4H3,(H,31,33,34). The van der Waals surface area contributed by atoms with Gasteiger partial charge in [-0.3, -0.25) is 4.79 Å². The van der Waals surface area contributed by atoms with Crippen molar-refractivity contribution in [3.63, 3.8) is 0 Å². The third-order valence-corrected chi connectivity index (χ3v) is 6.73. The van der Waals surface area contributed by atoms with Gasteiger partial charge in [-0.05, 0) is 68.8 Å². The highest BCUT2D eigenvalue weighted by atomic mass is 32.2. The molecule has 180 valence electrons. The number of aryl methyl sites for hydroxylation is 2. The van der Waals surface area contributed by atoms with Crippen LogP contribution in [0.15, 0.2) is 77.8 Å². The first-order valence-corrected chi connectivity index (χ1v) is 12.3. The fourth-order valence-electron chi connectivity index (χ4n) is 3.65. The van der Waals surface area contributed by atoms with Gasteiger partial charge in [0.15, 0.2) is 0 Å². The van der Waals surface area contributed by atoms with E-state index in [9.17, 15) is 10.1 Å². The van der Waals surface area contributed by atoms with E-state index >= 15 is 0 Å². The van der Waals surface area contributed by atoms with Crippen molar-refractivity contribution in [1.29, 1.82) is 5.26 Å². The Labute approximate surface area is 215 Å². The van der Waals surface area contributed by atoms with Gasteiger partial charge in [-0.2, -0.15) is 5.26 Å². The first kappa shape index (κ1) is 25.0. The minimum atomic E-state index is -0.510. The molecule has 1 amide bonds. The highest BCUT2D eigenvalue weighted by molar-refractivity contribution is 8.00. The van der Waals surface area contributed by atoms with Crippen molar-refractivity contribution >= 4 is 23.5 Å². The number of hydrogen-bond donors (Lipinski definition) is 1. The second kappa shape index (κ2) is 11.1. The summed E-state index contributed by atoms with van der Waals surface area (Å²) in [6, 6.07) is 25.4. The average molecular weight is 495 g/mol. The lowest BCUT2D eigenvalue weighted by atomic mass is 9.98. The lowest BCUT2D eigenvalue weighted by molar-refractivity contribution is -0.115. The van der Waals surface area contributed by atoms with Gasteiger partial charge in [0, 0.05) is 16.8 Å². The van der Waals surface area contributed by atoms with Gasteiger partial charge < -0.3 is 10.1 Å². The molecule has 1 atom stereocenters. The van der Waals surface area contributed by atoms with Crippen LogP contribution in [0.5, 0.6) is 5.75 Å². The Kier molecular flexibility index (Phi) is 7.67. The summed E-state index contributed by atoms with van der Waals surface area (Å²) in [7, 11) is 1.62. The van der Waals surface area contributed by atoms with Gasteiger partial charge in [0.1, 0.15) is 22.7 Å². The second-order valence-electron chi connectivity index (χ2n) is 8.36. The Balaban J connectivity index is 1.74. The van der Waals surface area contributed by atoms with Crippen molar-refractivity contribution in [3.8, 4) is 34.2 Å². The van der Waals surface area contributed by atoms with E-state index in [4.69, 9.17) is 9.72 Å². The van der Waals surface area contributed by atoms with Crippen LogP contribution < -0.4 is 10.1 Å². The zero-order chi connectivity index (χ0) is 25.7. The molecule has 0 fully saturated rings. The van der Waals surface area contributed by atoms with Crippen molar-refractivity contribution in [3.05, 3.63) is 89.6 Å². The smallest absolute Gasteiger partial charge is 0.238 e. The zero-order valence-electron chi connectivity index (χ0n) is 20.6. The molecule has 0 bridgehead atoms. The van der Waals surface area contributed by atoms with Gasteiger partial charge in [0.05, 0.1) is 23.6 Å². The largest absolute Gasteiger partial charge is 0.497 e. The Bertz CT molecular complexity index is 1430. The monoisotopic (exact) mass is 494 g/mol. The molecular formula is C29H26N4O2S. The summed E-state index contributed by atoms with van der Waals surface area (Å²) in [6.07, 6.45) is 0. The first-order valence-electron chi connectivity index (χ1n) is 11.5. The Hall–Kier alpha value is -4.15. The number of benzene rings is 2. The summed E-state index contributed by atoms with van der Waals surface area (Å²) in [5, 5.41) is 13.0. The predicted molar refractivity (Wildman–Crippen MR) is 144 cm³/mol. The molecule has 4 aromatic rings. The fraction of sp³-hybridized carbons (Fsp3) is 0.172. The highest BCUT2D eigenvalue weighted by Crippen LogP contribution is 2.36. The normalized spacial score (nSPS) is 11.4. The van der Waals surface area contributed by atoms with E-state index in [2.05, 4.69) is 16.4 Å². The van der Waals surface area contributed by atoms with Crippen molar-refractivity contribution < 1.29 is 9.53 Å². The van der Waals surface area contributed by atoms with Crippen LogP contribution in [0, 0.1) is 25.2 Å². The number of pyridine rings is 2. The van der Waals surface area contributed by atoms with Crippen LogP contribution in [-0.2, 0) is 4.79 Å². The van der Waals surface area contributed by atoms with Crippen LogP contribution in [0.1, 0.15) is 23.7 Å². The Morgan fingerprint density at radius 1 is 1.00 bits per heavy atom. The zero-order valence-corrected chi connectivity index (χ0v) is 21.4. The third-order valence-electron chi connectivity index (χ3n) is 5.64. The Morgan fingerprint density at radius 2 is 1.69 bits per heavy atom. The first-order chi connectivity index (χ1) is 17.4. The van der Waals surface area contributed by atoms with Gasteiger partial charge >= 0.3 is 0 Å². The SMILES string of the molecule is COc1ccc(-c2cc(-c3ccc(C)cc3)c(C#N)c(SC(C)C(=O)Nc3cccc(C)n3)n2)cc1. The molecule has 36 heavy (non-hydrogen) atoms. The maximum absolute atomic E-state index is 12.9. The number of ether oxygens (including phenoxy) is 1. The minimum Gasteiger partial charge on any atom is -0.497 e. The van der Waals surface area contributed by atoms with Crippen molar-refractivity contribution in [2.24, 2.45) is 0 Å². The molecule has 2 aromatic heterocycles. The number of carbonyl (C=O) groups excluding carboxylic acids is 1. The number of methoxy groups -OCH3 is 1. The average Bonchev–Trinajstić information content (AvgIpc) is 2.88. The maximum Gasteiger partial charge on any atom is 0.238 e. The van der Waals surface area contributed by atoms with Crippen molar-refractivity contribution in [2.45, 2.75) is 31.0 Å². The topological polar surface area (TPSA) is 87.9 Å². The summed E-state index contributed by atoms with van der Waals surface area (Å²) >= 11 is 1.26. The number of aromatic nitrogens is 2. The van der Waals surface area contributed by atoms with Gasteiger partial charge in [-0.15, -0.1) is 0 Å². The maximum atomic E-state index is 12.9. The molecule has 1 unspecified atom stereocenters. The highest BCUT2D eigenvalue weighted by Gasteiger charge is 2.22. The molecule has 0 aliphatic rings. The van der Waals surface area contributed by atoms with Crippen LogP contribution in [0.4, 0.5) is 5.82 Å². The van der Waals surface area contributed by atoms with E-state index in [-0.39, 0.29) is 5.91 Å². The van der Waals surface area contributed by atoms with E-state index in [1.807, 2.05) is 80.6 Å². The number of carbonyl (C=O) groups is 1.